The van der Waals surface area contributed by atoms with Gasteiger partial charge in [-0.15, -0.1) is 12.4 Å². The molecule has 0 saturated carbocycles. The van der Waals surface area contributed by atoms with Crippen LogP contribution in [0.15, 0.2) is 42.5 Å². The number of carbonyl (C=O) groups is 1. The third-order valence-electron chi connectivity index (χ3n) is 3.55. The van der Waals surface area contributed by atoms with Crippen LogP contribution in [-0.4, -0.2) is 33.3 Å². The number of nitrogens with one attached hydrogen (secondary N) is 2. The van der Waals surface area contributed by atoms with Crippen molar-refractivity contribution in [3.05, 3.63) is 48.0 Å². The molecule has 0 aromatic heterocycles. The van der Waals surface area contributed by atoms with Crippen LogP contribution in [0.2, 0.25) is 0 Å². The van der Waals surface area contributed by atoms with E-state index in [2.05, 4.69) is 17.6 Å². The maximum atomic E-state index is 12.1. The monoisotopic (exact) mass is 380 g/mol. The Bertz CT molecular complexity index is 710. The average molecular weight is 381 g/mol. The molecule has 0 atom stereocenters. The van der Waals surface area contributed by atoms with Crippen LogP contribution < -0.4 is 24.8 Å². The molecule has 0 heterocycles. The molecule has 0 fully saturated rings. The van der Waals surface area contributed by atoms with Gasteiger partial charge in [-0.05, 0) is 36.4 Å². The van der Waals surface area contributed by atoms with E-state index in [0.717, 1.165) is 18.7 Å². The molecule has 7 heteroatoms. The normalized spacial score (nSPS) is 9.81. The fraction of sp³-hybridized carbons (Fsp3) is 0.316. The summed E-state index contributed by atoms with van der Waals surface area (Å²) in [6, 6.07) is 12.9. The van der Waals surface area contributed by atoms with Crippen LogP contribution >= 0.6 is 12.4 Å². The third kappa shape index (κ3) is 6.13. The van der Waals surface area contributed by atoms with Gasteiger partial charge >= 0.3 is 0 Å². The highest BCUT2D eigenvalue weighted by molar-refractivity contribution is 5.93. The minimum absolute atomic E-state index is 0. The van der Waals surface area contributed by atoms with Gasteiger partial charge in [-0.1, -0.05) is 25.1 Å². The number of benzene rings is 2. The summed E-state index contributed by atoms with van der Waals surface area (Å²) in [5.41, 5.74) is 1.69. The molecule has 142 valence electrons. The van der Waals surface area contributed by atoms with Crippen LogP contribution in [0.5, 0.6) is 17.2 Å². The van der Waals surface area contributed by atoms with Crippen molar-refractivity contribution in [1.82, 2.24) is 5.32 Å². The van der Waals surface area contributed by atoms with E-state index in [-0.39, 0.29) is 24.9 Å². The summed E-state index contributed by atoms with van der Waals surface area (Å²) in [6.07, 6.45) is 0. The summed E-state index contributed by atoms with van der Waals surface area (Å²) < 4.78 is 16.2. The molecule has 0 aliphatic rings. The zero-order valence-corrected chi connectivity index (χ0v) is 16.0. The third-order valence-corrected chi connectivity index (χ3v) is 3.55. The first-order chi connectivity index (χ1) is 12.2. The predicted octanol–water partition coefficient (Wildman–Crippen LogP) is 3.25. The fourth-order valence-electron chi connectivity index (χ4n) is 2.29. The van der Waals surface area contributed by atoms with Gasteiger partial charge in [-0.2, -0.15) is 0 Å². The van der Waals surface area contributed by atoms with Crippen LogP contribution in [-0.2, 0) is 11.3 Å². The van der Waals surface area contributed by atoms with Crippen molar-refractivity contribution in [2.45, 2.75) is 13.5 Å². The largest absolute Gasteiger partial charge is 0.495 e. The first-order valence-corrected chi connectivity index (χ1v) is 8.11. The Kier molecular flexibility index (Phi) is 9.33. The maximum Gasteiger partial charge on any atom is 0.262 e. The second-order valence-electron chi connectivity index (χ2n) is 5.30. The number of hydrogen-bond acceptors (Lipinski definition) is 5. The maximum absolute atomic E-state index is 12.1. The molecule has 1 amide bonds. The van der Waals surface area contributed by atoms with Gasteiger partial charge in [0.05, 0.1) is 19.9 Å². The number of anilines is 1. The van der Waals surface area contributed by atoms with Crippen LogP contribution in [0, 0.1) is 0 Å². The van der Waals surface area contributed by atoms with E-state index in [1.165, 1.54) is 0 Å². The van der Waals surface area contributed by atoms with Crippen LogP contribution in [0.4, 0.5) is 5.69 Å². The topological polar surface area (TPSA) is 68.8 Å². The molecular weight excluding hydrogens is 356 g/mol. The smallest absolute Gasteiger partial charge is 0.262 e. The summed E-state index contributed by atoms with van der Waals surface area (Å²) in [4.78, 5) is 12.1. The molecule has 0 spiro atoms. The Labute approximate surface area is 160 Å². The van der Waals surface area contributed by atoms with Crippen molar-refractivity contribution in [3.8, 4) is 17.2 Å². The Hall–Kier alpha value is -2.44. The van der Waals surface area contributed by atoms with Gasteiger partial charge in [-0.3, -0.25) is 4.79 Å². The Morgan fingerprint density at radius 3 is 2.42 bits per heavy atom. The molecule has 6 nitrogen and oxygen atoms in total. The van der Waals surface area contributed by atoms with Crippen LogP contribution in [0.3, 0.4) is 0 Å². The molecule has 0 saturated heterocycles. The van der Waals surface area contributed by atoms with E-state index in [0.29, 0.717) is 22.9 Å². The Balaban J connectivity index is 0.00000338. The lowest BCUT2D eigenvalue weighted by Crippen LogP contribution is -2.20. The highest BCUT2D eigenvalue weighted by atomic mass is 35.5. The lowest BCUT2D eigenvalue weighted by atomic mass is 10.2. The minimum atomic E-state index is -0.275. The van der Waals surface area contributed by atoms with Crippen molar-refractivity contribution < 1.29 is 19.0 Å². The van der Waals surface area contributed by atoms with Gasteiger partial charge in [-0.25, -0.2) is 0 Å². The van der Waals surface area contributed by atoms with E-state index in [4.69, 9.17) is 14.2 Å². The number of amides is 1. The first kappa shape index (κ1) is 21.6. The fourth-order valence-corrected chi connectivity index (χ4v) is 2.29. The second kappa shape index (κ2) is 11.2. The van der Waals surface area contributed by atoms with Gasteiger partial charge in [0.15, 0.2) is 18.1 Å². The minimum Gasteiger partial charge on any atom is -0.495 e. The van der Waals surface area contributed by atoms with E-state index >= 15 is 0 Å². The van der Waals surface area contributed by atoms with Gasteiger partial charge in [0.1, 0.15) is 5.75 Å². The summed E-state index contributed by atoms with van der Waals surface area (Å²) >= 11 is 0. The molecule has 26 heavy (non-hydrogen) atoms. The lowest BCUT2D eigenvalue weighted by Gasteiger charge is -2.13. The van der Waals surface area contributed by atoms with Crippen molar-refractivity contribution in [2.75, 3.05) is 32.7 Å². The zero-order chi connectivity index (χ0) is 18.1. The number of hydrogen-bond donors (Lipinski definition) is 2. The number of para-hydroxylation sites is 2. The van der Waals surface area contributed by atoms with E-state index in [1.54, 1.807) is 26.4 Å². The molecule has 2 aromatic carbocycles. The zero-order valence-electron chi connectivity index (χ0n) is 15.2. The van der Waals surface area contributed by atoms with Gasteiger partial charge in [0.25, 0.3) is 5.91 Å². The molecule has 0 aliphatic carbocycles. The molecule has 2 aromatic rings. The molecular formula is C19H25ClN2O4. The van der Waals surface area contributed by atoms with Gasteiger partial charge < -0.3 is 24.8 Å². The van der Waals surface area contributed by atoms with Crippen LogP contribution in [0.25, 0.3) is 0 Å². The quantitative estimate of drug-likeness (QED) is 0.698. The molecule has 0 aliphatic heterocycles. The highest BCUT2D eigenvalue weighted by Crippen LogP contribution is 2.28. The van der Waals surface area contributed by atoms with Crippen molar-refractivity contribution in [1.29, 1.82) is 0 Å². The summed E-state index contributed by atoms with van der Waals surface area (Å²) in [7, 11) is 3.13. The molecule has 0 unspecified atom stereocenters. The number of ether oxygens (including phenoxy) is 3. The Morgan fingerprint density at radius 1 is 1.00 bits per heavy atom. The van der Waals surface area contributed by atoms with Gasteiger partial charge in [0.2, 0.25) is 0 Å². The second-order valence-corrected chi connectivity index (χ2v) is 5.30. The molecule has 2 rings (SSSR count). The van der Waals surface area contributed by atoms with Crippen molar-refractivity contribution in [3.63, 3.8) is 0 Å². The summed E-state index contributed by atoms with van der Waals surface area (Å²) in [6.45, 7) is 3.57. The SMILES string of the molecule is CCNCc1ccc(OCC(=O)Nc2ccccc2OC)c(OC)c1.Cl. The first-order valence-electron chi connectivity index (χ1n) is 8.11. The van der Waals surface area contributed by atoms with Crippen molar-refractivity contribution >= 4 is 24.0 Å². The molecule has 0 bridgehead atoms. The van der Waals surface area contributed by atoms with Gasteiger partial charge in [0, 0.05) is 6.54 Å². The standard InChI is InChI=1S/C19H24N2O4.ClH/c1-4-20-12-14-9-10-17(18(11-14)24-3)25-13-19(22)21-15-7-5-6-8-16(15)23-2;/h5-11,20H,4,12-13H2,1-3H3,(H,21,22);1H. The number of halogens is 1. The molecule has 2 N–H and O–H groups in total. The van der Waals surface area contributed by atoms with Crippen LogP contribution in [0.1, 0.15) is 12.5 Å². The average Bonchev–Trinajstić information content (AvgIpc) is 2.65. The highest BCUT2D eigenvalue weighted by Gasteiger charge is 2.10. The summed E-state index contributed by atoms with van der Waals surface area (Å²) in [5.74, 6) is 1.45. The summed E-state index contributed by atoms with van der Waals surface area (Å²) in [5, 5.41) is 6.02. The lowest BCUT2D eigenvalue weighted by molar-refractivity contribution is -0.118. The Morgan fingerprint density at radius 2 is 1.73 bits per heavy atom. The van der Waals surface area contributed by atoms with E-state index in [9.17, 15) is 4.79 Å². The number of methoxy groups -OCH3 is 2. The number of rotatable bonds is 9. The van der Waals surface area contributed by atoms with E-state index in [1.807, 2.05) is 30.3 Å². The van der Waals surface area contributed by atoms with E-state index < -0.39 is 0 Å². The predicted molar refractivity (Wildman–Crippen MR) is 105 cm³/mol. The van der Waals surface area contributed by atoms with Crippen molar-refractivity contribution in [2.24, 2.45) is 0 Å². The molecule has 0 radical (unpaired) electrons. The number of carbonyl (C=O) groups excluding carboxylic acids is 1.